The van der Waals surface area contributed by atoms with Gasteiger partial charge in [-0.2, -0.15) is 5.10 Å². The van der Waals surface area contributed by atoms with Crippen LogP contribution in [0.1, 0.15) is 28.8 Å². The minimum Gasteiger partial charge on any atom is -0.393 e. The highest BCUT2D eigenvalue weighted by Crippen LogP contribution is 2.36. The second-order valence-corrected chi connectivity index (χ2v) is 8.53. The Bertz CT molecular complexity index is 1340. The molecule has 8 heteroatoms. The van der Waals surface area contributed by atoms with Crippen LogP contribution in [0.5, 0.6) is 0 Å². The third kappa shape index (κ3) is 3.48. The Morgan fingerprint density at radius 1 is 1.03 bits per heavy atom. The molecule has 0 atom stereocenters. The highest BCUT2D eigenvalue weighted by molar-refractivity contribution is 6.06. The summed E-state index contributed by atoms with van der Waals surface area (Å²) in [5, 5.41) is 20.5. The van der Waals surface area contributed by atoms with Crippen LogP contribution < -0.4 is 15.5 Å². The Labute approximate surface area is 190 Å². The summed E-state index contributed by atoms with van der Waals surface area (Å²) < 4.78 is 1.84. The van der Waals surface area contributed by atoms with Gasteiger partial charge >= 0.3 is 0 Å². The van der Waals surface area contributed by atoms with Crippen molar-refractivity contribution in [3.63, 3.8) is 0 Å². The van der Waals surface area contributed by atoms with Crippen LogP contribution in [-0.4, -0.2) is 44.8 Å². The average molecular weight is 441 g/mol. The van der Waals surface area contributed by atoms with Crippen LogP contribution in [0.4, 0.5) is 17.2 Å². The molecule has 1 saturated heterocycles. The summed E-state index contributed by atoms with van der Waals surface area (Å²) in [5.74, 6) is 0.593. The van der Waals surface area contributed by atoms with Gasteiger partial charge in [-0.05, 0) is 54.3 Å². The maximum absolute atomic E-state index is 12.7. The molecule has 3 aromatic heterocycles. The molecule has 166 valence electrons. The molecule has 1 amide bonds. The number of nitrogens with zero attached hydrogens (tertiary/aromatic N) is 4. The van der Waals surface area contributed by atoms with Crippen LogP contribution in [0, 0.1) is 0 Å². The van der Waals surface area contributed by atoms with Crippen molar-refractivity contribution >= 4 is 28.6 Å². The van der Waals surface area contributed by atoms with Crippen molar-refractivity contribution in [3.05, 3.63) is 72.2 Å². The molecule has 2 aliphatic heterocycles. The number of aliphatic hydroxyl groups is 1. The maximum Gasteiger partial charge on any atom is 0.254 e. The summed E-state index contributed by atoms with van der Waals surface area (Å²) in [6, 6.07) is 13.9. The number of rotatable bonds is 4. The number of piperidine rings is 1. The average Bonchev–Trinajstić information content (AvgIpc) is 3.45. The third-order valence-electron chi connectivity index (χ3n) is 6.52. The van der Waals surface area contributed by atoms with Crippen LogP contribution in [-0.2, 0) is 6.54 Å². The van der Waals surface area contributed by atoms with Gasteiger partial charge in [0.2, 0.25) is 0 Å². The van der Waals surface area contributed by atoms with Gasteiger partial charge in [0.25, 0.3) is 5.91 Å². The normalized spacial score (nSPS) is 16.2. The zero-order chi connectivity index (χ0) is 22.4. The number of hydrogen-bond acceptors (Lipinski definition) is 6. The molecule has 1 aromatic carbocycles. The molecule has 0 saturated carbocycles. The van der Waals surface area contributed by atoms with E-state index in [9.17, 15) is 9.90 Å². The molecule has 1 fully saturated rings. The van der Waals surface area contributed by atoms with E-state index in [1.54, 1.807) is 0 Å². The van der Waals surface area contributed by atoms with Crippen LogP contribution in [0.25, 0.3) is 16.6 Å². The lowest BCUT2D eigenvalue weighted by molar-refractivity contribution is 0.0966. The SMILES string of the molecule is O=C1NCc2c(-c3cnn4ccccc34)ccc(Nc3ccc(N4CCC(O)CC4)cn3)c21. The molecular weight excluding hydrogens is 416 g/mol. The smallest absolute Gasteiger partial charge is 0.254 e. The molecule has 33 heavy (non-hydrogen) atoms. The van der Waals surface area contributed by atoms with E-state index in [1.807, 2.05) is 65.6 Å². The fourth-order valence-electron chi connectivity index (χ4n) is 4.76. The Kier molecular flexibility index (Phi) is 4.73. The largest absolute Gasteiger partial charge is 0.393 e. The lowest BCUT2D eigenvalue weighted by atomic mass is 9.96. The number of hydrogen-bond donors (Lipinski definition) is 3. The summed E-state index contributed by atoms with van der Waals surface area (Å²) in [6.45, 7) is 2.14. The van der Waals surface area contributed by atoms with Crippen molar-refractivity contribution in [1.82, 2.24) is 19.9 Å². The molecule has 2 aliphatic rings. The first-order chi connectivity index (χ1) is 16.2. The number of carbonyl (C=O) groups is 1. The number of pyridine rings is 2. The molecule has 0 aliphatic carbocycles. The lowest BCUT2D eigenvalue weighted by Gasteiger charge is -2.31. The topological polar surface area (TPSA) is 94.8 Å². The van der Waals surface area contributed by atoms with Crippen LogP contribution in [0.2, 0.25) is 0 Å². The summed E-state index contributed by atoms with van der Waals surface area (Å²) in [5.41, 5.74) is 6.41. The summed E-state index contributed by atoms with van der Waals surface area (Å²) >= 11 is 0. The number of aliphatic hydroxyl groups excluding tert-OH is 1. The van der Waals surface area contributed by atoms with E-state index in [0.717, 1.165) is 59.5 Å². The molecule has 8 nitrogen and oxygen atoms in total. The van der Waals surface area contributed by atoms with Crippen molar-refractivity contribution in [2.45, 2.75) is 25.5 Å². The standard InChI is InChI=1S/C25H24N6O2/c32-17-8-11-30(12-9-17)16-4-7-23(26-13-16)29-21-6-5-18(20-14-27-25(33)24(20)21)19-15-28-31-10-2-1-3-22(19)31/h1-7,10,13,15,17,32H,8-9,11-12,14H2,(H,26,29)(H,27,33). The molecule has 5 heterocycles. The van der Waals surface area contributed by atoms with Gasteiger partial charge in [0.1, 0.15) is 5.82 Å². The molecule has 0 bridgehead atoms. The highest BCUT2D eigenvalue weighted by Gasteiger charge is 2.27. The Hall–Kier alpha value is -3.91. The second kappa shape index (κ2) is 7.90. The van der Waals surface area contributed by atoms with Gasteiger partial charge in [0.05, 0.1) is 41.0 Å². The Balaban J connectivity index is 1.31. The van der Waals surface area contributed by atoms with E-state index in [4.69, 9.17) is 0 Å². The number of aromatic nitrogens is 3. The maximum atomic E-state index is 12.7. The van der Waals surface area contributed by atoms with Crippen LogP contribution in [0.15, 0.2) is 61.1 Å². The first-order valence-corrected chi connectivity index (χ1v) is 11.2. The number of fused-ring (bicyclic) bond motifs is 2. The molecule has 4 aromatic rings. The van der Waals surface area contributed by atoms with E-state index in [0.29, 0.717) is 17.9 Å². The Morgan fingerprint density at radius 2 is 1.91 bits per heavy atom. The number of anilines is 3. The van der Waals surface area contributed by atoms with Crippen molar-refractivity contribution in [3.8, 4) is 11.1 Å². The summed E-state index contributed by atoms with van der Waals surface area (Å²) in [6.07, 6.45) is 6.96. The van der Waals surface area contributed by atoms with E-state index >= 15 is 0 Å². The van der Waals surface area contributed by atoms with Crippen molar-refractivity contribution in [2.24, 2.45) is 0 Å². The minimum atomic E-state index is -0.202. The predicted octanol–water partition coefficient (Wildman–Crippen LogP) is 3.34. The monoisotopic (exact) mass is 440 g/mol. The van der Waals surface area contributed by atoms with Crippen molar-refractivity contribution < 1.29 is 9.90 Å². The fraction of sp³-hybridized carbons (Fsp3) is 0.240. The van der Waals surface area contributed by atoms with Gasteiger partial charge in [-0.15, -0.1) is 0 Å². The third-order valence-corrected chi connectivity index (χ3v) is 6.52. The minimum absolute atomic E-state index is 0.0886. The molecule has 6 rings (SSSR count). The van der Waals surface area contributed by atoms with E-state index in [2.05, 4.69) is 25.6 Å². The first kappa shape index (κ1) is 19.8. The zero-order valence-electron chi connectivity index (χ0n) is 18.0. The van der Waals surface area contributed by atoms with E-state index in [-0.39, 0.29) is 12.0 Å². The Morgan fingerprint density at radius 3 is 2.73 bits per heavy atom. The van der Waals surface area contributed by atoms with E-state index in [1.165, 1.54) is 0 Å². The number of carbonyl (C=O) groups excluding carboxylic acids is 1. The zero-order valence-corrected chi connectivity index (χ0v) is 18.0. The molecular formula is C25H24N6O2. The predicted molar refractivity (Wildman–Crippen MR) is 127 cm³/mol. The van der Waals surface area contributed by atoms with Gasteiger partial charge in [-0.1, -0.05) is 12.1 Å². The van der Waals surface area contributed by atoms with Gasteiger partial charge in [0.15, 0.2) is 0 Å². The lowest BCUT2D eigenvalue weighted by Crippen LogP contribution is -2.35. The molecule has 0 radical (unpaired) electrons. The van der Waals surface area contributed by atoms with Gasteiger partial charge in [-0.3, -0.25) is 4.79 Å². The quantitative estimate of drug-likeness (QED) is 0.451. The molecule has 3 N–H and O–H groups in total. The van der Waals surface area contributed by atoms with Crippen LogP contribution >= 0.6 is 0 Å². The van der Waals surface area contributed by atoms with Crippen LogP contribution in [0.3, 0.4) is 0 Å². The van der Waals surface area contributed by atoms with Gasteiger partial charge in [0, 0.05) is 31.4 Å². The number of benzene rings is 1. The number of amides is 1. The fourth-order valence-corrected chi connectivity index (χ4v) is 4.76. The van der Waals surface area contributed by atoms with Crippen molar-refractivity contribution in [1.29, 1.82) is 0 Å². The summed E-state index contributed by atoms with van der Waals surface area (Å²) in [4.78, 5) is 19.5. The second-order valence-electron chi connectivity index (χ2n) is 8.53. The van der Waals surface area contributed by atoms with Gasteiger partial charge in [-0.25, -0.2) is 9.50 Å². The molecule has 0 unspecified atom stereocenters. The molecule has 0 spiro atoms. The van der Waals surface area contributed by atoms with Crippen molar-refractivity contribution in [2.75, 3.05) is 23.3 Å². The van der Waals surface area contributed by atoms with Gasteiger partial charge < -0.3 is 20.6 Å². The first-order valence-electron chi connectivity index (χ1n) is 11.2. The number of nitrogens with one attached hydrogen (secondary N) is 2. The summed E-state index contributed by atoms with van der Waals surface area (Å²) in [7, 11) is 0. The van der Waals surface area contributed by atoms with E-state index < -0.39 is 0 Å². The highest BCUT2D eigenvalue weighted by atomic mass is 16.3.